The Bertz CT molecular complexity index is 1040. The van der Waals surface area contributed by atoms with Gasteiger partial charge in [-0.15, -0.1) is 0 Å². The van der Waals surface area contributed by atoms with Crippen molar-refractivity contribution in [3.8, 4) is 0 Å². The summed E-state index contributed by atoms with van der Waals surface area (Å²) in [5, 5.41) is 12.0. The van der Waals surface area contributed by atoms with E-state index >= 15 is 0 Å². The fraction of sp³-hybridized carbons (Fsp3) is 0.286. The topological polar surface area (TPSA) is 98.3 Å². The molecule has 1 fully saturated rings. The first-order chi connectivity index (χ1) is 13.5. The average Bonchev–Trinajstić information content (AvgIpc) is 3.27. The Morgan fingerprint density at radius 2 is 2.04 bits per heavy atom. The predicted octanol–water partition coefficient (Wildman–Crippen LogP) is 3.50. The van der Waals surface area contributed by atoms with Crippen molar-refractivity contribution >= 4 is 28.6 Å². The van der Waals surface area contributed by atoms with Crippen LogP contribution in [-0.2, 0) is 6.54 Å². The number of hydrogen-bond donors (Lipinski definition) is 3. The summed E-state index contributed by atoms with van der Waals surface area (Å²) in [6.45, 7) is 4.10. The number of rotatable bonds is 5. The number of aromatic carboxylic acids is 1. The van der Waals surface area contributed by atoms with E-state index < -0.39 is 11.9 Å². The number of fused-ring (bicyclic) bond motifs is 1. The first kappa shape index (κ1) is 18.2. The second kappa shape index (κ2) is 7.44. The van der Waals surface area contributed by atoms with Crippen molar-refractivity contribution in [3.05, 3.63) is 59.4 Å². The maximum absolute atomic E-state index is 12.5. The first-order valence-corrected chi connectivity index (χ1v) is 9.37. The summed E-state index contributed by atoms with van der Waals surface area (Å²) >= 11 is 0. The summed E-state index contributed by atoms with van der Waals surface area (Å²) in [5.74, 6) is -0.684. The number of benzene rings is 2. The van der Waals surface area contributed by atoms with E-state index in [0.29, 0.717) is 11.7 Å². The molecule has 7 heteroatoms. The summed E-state index contributed by atoms with van der Waals surface area (Å²) < 4.78 is 0. The molecular weight excluding hydrogens is 356 g/mol. The number of carbonyl (C=O) groups excluding carboxylic acids is 1. The van der Waals surface area contributed by atoms with Crippen LogP contribution in [0.2, 0.25) is 0 Å². The Morgan fingerprint density at radius 1 is 1.25 bits per heavy atom. The molecule has 0 unspecified atom stereocenters. The number of aromatic amines is 1. The highest BCUT2D eigenvalue weighted by molar-refractivity contribution is 6.11. The average molecular weight is 378 g/mol. The largest absolute Gasteiger partial charge is 0.478 e. The number of anilines is 1. The Kier molecular flexibility index (Phi) is 4.83. The minimum Gasteiger partial charge on any atom is -0.478 e. The van der Waals surface area contributed by atoms with Gasteiger partial charge >= 0.3 is 5.97 Å². The van der Waals surface area contributed by atoms with Gasteiger partial charge in [0, 0.05) is 11.7 Å². The number of aromatic nitrogens is 2. The van der Waals surface area contributed by atoms with Crippen LogP contribution in [0, 0.1) is 0 Å². The molecule has 1 aliphatic rings. The van der Waals surface area contributed by atoms with Crippen molar-refractivity contribution in [2.24, 2.45) is 0 Å². The lowest BCUT2D eigenvalue weighted by Crippen LogP contribution is -2.26. The number of nitrogens with zero attached hydrogens (tertiary/aromatic N) is 2. The number of nitrogens with one attached hydrogen (secondary N) is 2. The molecule has 7 nitrogen and oxygen atoms in total. The van der Waals surface area contributed by atoms with Gasteiger partial charge in [-0.05, 0) is 56.6 Å². The van der Waals surface area contributed by atoms with Crippen LogP contribution in [0.1, 0.15) is 46.3 Å². The van der Waals surface area contributed by atoms with E-state index in [1.165, 1.54) is 25.0 Å². The predicted molar refractivity (Wildman–Crippen MR) is 107 cm³/mol. The Balaban J connectivity index is 1.53. The Labute approximate surface area is 162 Å². The highest BCUT2D eigenvalue weighted by Crippen LogP contribution is 2.22. The van der Waals surface area contributed by atoms with Crippen molar-refractivity contribution in [2.45, 2.75) is 32.4 Å². The lowest BCUT2D eigenvalue weighted by atomic mass is 10.1. The van der Waals surface area contributed by atoms with Crippen LogP contribution in [0.25, 0.3) is 11.0 Å². The molecule has 0 radical (unpaired) electrons. The number of amides is 1. The smallest absolute Gasteiger partial charge is 0.336 e. The van der Waals surface area contributed by atoms with Gasteiger partial charge in [0.2, 0.25) is 0 Å². The number of carboxylic acid groups (broad SMARTS) is 1. The molecule has 3 N–H and O–H groups in total. The summed E-state index contributed by atoms with van der Waals surface area (Å²) in [5.41, 5.74) is 2.35. The van der Waals surface area contributed by atoms with Gasteiger partial charge in [-0.3, -0.25) is 9.69 Å². The number of H-pyrrole nitrogens is 1. The molecule has 1 amide bonds. The highest BCUT2D eigenvalue weighted by Gasteiger charge is 2.21. The third kappa shape index (κ3) is 3.61. The monoisotopic (exact) mass is 378 g/mol. The second-order valence-electron chi connectivity index (χ2n) is 7.18. The van der Waals surface area contributed by atoms with E-state index in [-0.39, 0.29) is 11.1 Å². The number of likely N-dealkylation sites (tertiary alicyclic amines) is 1. The first-order valence-electron chi connectivity index (χ1n) is 9.37. The quantitative estimate of drug-likeness (QED) is 0.631. The minimum absolute atomic E-state index is 0.0251. The number of hydrogen-bond acceptors (Lipinski definition) is 4. The minimum atomic E-state index is -1.13. The summed E-state index contributed by atoms with van der Waals surface area (Å²) in [7, 11) is 0. The maximum atomic E-state index is 12.5. The molecule has 3 aromatic rings. The maximum Gasteiger partial charge on any atom is 0.336 e. The van der Waals surface area contributed by atoms with E-state index in [1.807, 2.05) is 6.07 Å². The third-order valence-corrected chi connectivity index (χ3v) is 5.24. The van der Waals surface area contributed by atoms with Crippen LogP contribution in [0.15, 0.2) is 42.5 Å². The molecule has 0 bridgehead atoms. The molecule has 0 aliphatic carbocycles. The molecule has 0 spiro atoms. The van der Waals surface area contributed by atoms with Crippen LogP contribution < -0.4 is 5.32 Å². The van der Waals surface area contributed by atoms with Gasteiger partial charge in [0.25, 0.3) is 5.91 Å². The molecule has 4 rings (SSSR count). The Morgan fingerprint density at radius 3 is 2.75 bits per heavy atom. The zero-order valence-corrected chi connectivity index (χ0v) is 15.6. The lowest BCUT2D eigenvalue weighted by Gasteiger charge is -2.19. The molecule has 28 heavy (non-hydrogen) atoms. The van der Waals surface area contributed by atoms with Crippen molar-refractivity contribution in [2.75, 3.05) is 11.9 Å². The van der Waals surface area contributed by atoms with Gasteiger partial charge < -0.3 is 15.4 Å². The fourth-order valence-electron chi connectivity index (χ4n) is 3.70. The van der Waals surface area contributed by atoms with E-state index in [1.54, 1.807) is 24.3 Å². The Hall–Kier alpha value is -3.19. The van der Waals surface area contributed by atoms with Crippen molar-refractivity contribution < 1.29 is 14.7 Å². The summed E-state index contributed by atoms with van der Waals surface area (Å²) in [6.07, 6.45) is 2.43. The van der Waals surface area contributed by atoms with Gasteiger partial charge in [0.15, 0.2) is 0 Å². The van der Waals surface area contributed by atoms with E-state index in [4.69, 9.17) is 0 Å². The van der Waals surface area contributed by atoms with Gasteiger partial charge in [0.05, 0.1) is 28.7 Å². The van der Waals surface area contributed by atoms with E-state index in [2.05, 4.69) is 27.1 Å². The molecular formula is C21H22N4O3. The molecule has 1 aliphatic heterocycles. The van der Waals surface area contributed by atoms with Gasteiger partial charge in [0.1, 0.15) is 5.82 Å². The molecule has 0 saturated carbocycles. The van der Waals surface area contributed by atoms with Crippen LogP contribution in [0.3, 0.4) is 0 Å². The normalized spacial score (nSPS) is 17.1. The van der Waals surface area contributed by atoms with Crippen LogP contribution in [0.5, 0.6) is 0 Å². The lowest BCUT2D eigenvalue weighted by molar-refractivity contribution is 0.0692. The molecule has 1 saturated heterocycles. The molecule has 2 aromatic carbocycles. The number of carboxylic acids is 1. The molecule has 1 aromatic heterocycles. The van der Waals surface area contributed by atoms with E-state index in [0.717, 1.165) is 29.9 Å². The number of carbonyl (C=O) groups is 2. The SMILES string of the molecule is C[C@H]1CCCN1Cc1nc2cc(NC(=O)c3ccccc3C(=O)O)ccc2[nH]1. The van der Waals surface area contributed by atoms with Crippen LogP contribution in [0.4, 0.5) is 5.69 Å². The third-order valence-electron chi connectivity index (χ3n) is 5.24. The highest BCUT2D eigenvalue weighted by atomic mass is 16.4. The molecule has 144 valence electrons. The summed E-state index contributed by atoms with van der Waals surface area (Å²) in [4.78, 5) is 34.3. The second-order valence-corrected chi connectivity index (χ2v) is 7.18. The molecule has 1 atom stereocenters. The van der Waals surface area contributed by atoms with Crippen LogP contribution >= 0.6 is 0 Å². The van der Waals surface area contributed by atoms with Crippen LogP contribution in [-0.4, -0.2) is 44.4 Å². The van der Waals surface area contributed by atoms with Gasteiger partial charge in [-0.25, -0.2) is 9.78 Å². The van der Waals surface area contributed by atoms with Gasteiger partial charge in [-0.2, -0.15) is 0 Å². The molecule has 2 heterocycles. The van der Waals surface area contributed by atoms with E-state index in [9.17, 15) is 14.7 Å². The van der Waals surface area contributed by atoms with Crippen molar-refractivity contribution in [1.82, 2.24) is 14.9 Å². The zero-order chi connectivity index (χ0) is 19.7. The standard InChI is InChI=1S/C21H22N4O3/c1-13-5-4-10-25(13)12-19-23-17-9-8-14(11-18(17)24-19)22-20(26)15-6-2-3-7-16(15)21(27)28/h2-3,6-9,11,13H,4-5,10,12H2,1H3,(H,22,26)(H,23,24)(H,27,28)/t13-/m0/s1. The van der Waals surface area contributed by atoms with Gasteiger partial charge in [-0.1, -0.05) is 12.1 Å². The van der Waals surface area contributed by atoms with Crippen molar-refractivity contribution in [3.63, 3.8) is 0 Å². The number of imidazole rings is 1. The van der Waals surface area contributed by atoms with Crippen molar-refractivity contribution in [1.29, 1.82) is 0 Å². The summed E-state index contributed by atoms with van der Waals surface area (Å²) in [6, 6.07) is 12.2. The zero-order valence-electron chi connectivity index (χ0n) is 15.6. The fourth-order valence-corrected chi connectivity index (χ4v) is 3.70.